The van der Waals surface area contributed by atoms with Crippen LogP contribution in [0.4, 0.5) is 36.8 Å². The molecule has 0 aliphatic carbocycles. The van der Waals surface area contributed by atoms with Gasteiger partial charge in [0, 0.05) is 6.54 Å². The van der Waals surface area contributed by atoms with E-state index < -0.39 is 47.3 Å². The summed E-state index contributed by atoms with van der Waals surface area (Å²) in [6.07, 6.45) is -8.78. The number of hydrogen-bond acceptors (Lipinski definition) is 6. The Morgan fingerprint density at radius 2 is 1.84 bits per heavy atom. The summed E-state index contributed by atoms with van der Waals surface area (Å²) in [6, 6.07) is 0.839. The molecule has 0 unspecified atom stereocenters. The molecule has 0 bridgehead atoms. The molecule has 7 nitrogen and oxygen atoms in total. The molecule has 0 saturated carbocycles. The Bertz CT molecular complexity index is 989. The molecular weight excluding hydrogens is 464 g/mol. The van der Waals surface area contributed by atoms with Gasteiger partial charge in [0.15, 0.2) is 5.78 Å². The maximum absolute atomic E-state index is 12.9. The third kappa shape index (κ3) is 5.16. The minimum absolute atomic E-state index is 0.0995. The van der Waals surface area contributed by atoms with E-state index in [0.29, 0.717) is 0 Å². The van der Waals surface area contributed by atoms with Crippen molar-refractivity contribution < 1.29 is 35.9 Å². The molecule has 1 aliphatic heterocycles. The van der Waals surface area contributed by atoms with E-state index in [9.17, 15) is 35.9 Å². The molecule has 14 heteroatoms. The lowest BCUT2D eigenvalue weighted by atomic mass is 10.0. The number of Topliss-reactive ketones (excluding diaryl/α,β-unsaturated/α-hetero) is 1. The van der Waals surface area contributed by atoms with Crippen LogP contribution in [0, 0.1) is 5.92 Å². The lowest BCUT2D eigenvalue weighted by molar-refractivity contribution is -0.141. The number of aromatic nitrogens is 3. The number of amides is 2. The van der Waals surface area contributed by atoms with Gasteiger partial charge in [-0.15, -0.1) is 10.2 Å². The Hall–Kier alpha value is -2.77. The van der Waals surface area contributed by atoms with Gasteiger partial charge >= 0.3 is 18.4 Å². The van der Waals surface area contributed by atoms with Crippen molar-refractivity contribution in [1.29, 1.82) is 0 Å². The van der Waals surface area contributed by atoms with Crippen LogP contribution < -0.4 is 4.90 Å². The monoisotopic (exact) mass is 481 g/mol. The second-order valence-corrected chi connectivity index (χ2v) is 8.51. The number of ketones is 1. The SMILES string of the molecule is CC(C)[C@H]1CN(c2ccc(C(F)(F)F)nc2)C(=O)N1CC(=O)Cc1nnc(C(F)(F)F)s1. The summed E-state index contributed by atoms with van der Waals surface area (Å²) in [7, 11) is 0. The molecule has 2 aromatic heterocycles. The summed E-state index contributed by atoms with van der Waals surface area (Å²) in [6.45, 7) is 3.36. The third-order valence-corrected chi connectivity index (χ3v) is 5.74. The number of nitrogens with zero attached hydrogens (tertiary/aromatic N) is 5. The van der Waals surface area contributed by atoms with E-state index in [1.165, 1.54) is 9.80 Å². The third-order valence-electron chi connectivity index (χ3n) is 4.77. The molecule has 1 aliphatic rings. The van der Waals surface area contributed by atoms with E-state index in [1.54, 1.807) is 0 Å². The van der Waals surface area contributed by atoms with Crippen molar-refractivity contribution in [3.05, 3.63) is 34.0 Å². The average Bonchev–Trinajstić information content (AvgIpc) is 3.27. The van der Waals surface area contributed by atoms with Crippen LogP contribution in [0.5, 0.6) is 0 Å². The number of halogens is 6. The van der Waals surface area contributed by atoms with E-state index in [-0.39, 0.29) is 41.0 Å². The van der Waals surface area contributed by atoms with Crippen molar-refractivity contribution in [2.45, 2.75) is 38.7 Å². The van der Waals surface area contributed by atoms with Crippen molar-refractivity contribution >= 4 is 28.8 Å². The van der Waals surface area contributed by atoms with Gasteiger partial charge in [-0.25, -0.2) is 9.78 Å². The first-order valence-electron chi connectivity index (χ1n) is 9.30. The molecule has 1 saturated heterocycles. The lowest BCUT2D eigenvalue weighted by Gasteiger charge is -2.25. The molecule has 3 heterocycles. The van der Waals surface area contributed by atoms with E-state index in [0.717, 1.165) is 18.3 Å². The predicted octanol–water partition coefficient (Wildman–Crippen LogP) is 4.05. The highest BCUT2D eigenvalue weighted by Crippen LogP contribution is 2.33. The maximum atomic E-state index is 12.9. The van der Waals surface area contributed by atoms with E-state index in [2.05, 4.69) is 15.2 Å². The molecule has 3 rings (SSSR count). The quantitative estimate of drug-likeness (QED) is 0.582. The zero-order chi connectivity index (χ0) is 23.8. The van der Waals surface area contributed by atoms with Crippen LogP contribution >= 0.6 is 11.3 Å². The number of carbonyl (C=O) groups is 2. The number of anilines is 1. The lowest BCUT2D eigenvalue weighted by Crippen LogP contribution is -2.41. The van der Waals surface area contributed by atoms with Crippen LogP contribution in [0.2, 0.25) is 0 Å². The first kappa shape index (κ1) is 23.9. The first-order valence-corrected chi connectivity index (χ1v) is 10.1. The number of urea groups is 1. The van der Waals surface area contributed by atoms with Gasteiger partial charge in [-0.2, -0.15) is 26.3 Å². The molecule has 1 fully saturated rings. The van der Waals surface area contributed by atoms with Gasteiger partial charge in [-0.05, 0) is 18.1 Å². The van der Waals surface area contributed by atoms with Gasteiger partial charge < -0.3 is 4.90 Å². The van der Waals surface area contributed by atoms with E-state index >= 15 is 0 Å². The van der Waals surface area contributed by atoms with Crippen LogP contribution in [0.1, 0.15) is 29.6 Å². The van der Waals surface area contributed by atoms with Crippen molar-refractivity contribution in [1.82, 2.24) is 20.1 Å². The number of hydrogen-bond donors (Lipinski definition) is 0. The summed E-state index contributed by atoms with van der Waals surface area (Å²) in [4.78, 5) is 31.2. The van der Waals surface area contributed by atoms with Gasteiger partial charge in [0.05, 0.1) is 30.9 Å². The first-order chi connectivity index (χ1) is 14.8. The predicted molar refractivity (Wildman–Crippen MR) is 101 cm³/mol. The van der Waals surface area contributed by atoms with Gasteiger partial charge in [-0.1, -0.05) is 25.2 Å². The fraction of sp³-hybridized carbons (Fsp3) is 0.500. The zero-order valence-electron chi connectivity index (χ0n) is 16.7. The molecule has 174 valence electrons. The highest BCUT2D eigenvalue weighted by molar-refractivity contribution is 7.11. The van der Waals surface area contributed by atoms with Gasteiger partial charge in [0.25, 0.3) is 0 Å². The molecule has 2 amide bonds. The number of pyridine rings is 1. The topological polar surface area (TPSA) is 79.3 Å². The largest absolute Gasteiger partial charge is 0.445 e. The summed E-state index contributed by atoms with van der Waals surface area (Å²) < 4.78 is 76.1. The smallest absolute Gasteiger partial charge is 0.312 e. The molecular formula is C18H17F6N5O2S. The zero-order valence-corrected chi connectivity index (χ0v) is 17.6. The summed E-state index contributed by atoms with van der Waals surface area (Å²) in [5.74, 6) is -0.640. The molecule has 0 spiro atoms. The summed E-state index contributed by atoms with van der Waals surface area (Å²) >= 11 is 0.253. The highest BCUT2D eigenvalue weighted by Gasteiger charge is 2.41. The van der Waals surface area contributed by atoms with Gasteiger partial charge in [-0.3, -0.25) is 9.69 Å². The Kier molecular flexibility index (Phi) is 6.45. The van der Waals surface area contributed by atoms with Crippen molar-refractivity contribution in [3.8, 4) is 0 Å². The summed E-state index contributed by atoms with van der Waals surface area (Å²) in [5, 5.41) is 5.10. The minimum atomic E-state index is -4.66. The number of alkyl halides is 6. The number of rotatable bonds is 6. The Morgan fingerprint density at radius 3 is 2.34 bits per heavy atom. The van der Waals surface area contributed by atoms with E-state index in [1.807, 2.05) is 13.8 Å². The van der Waals surface area contributed by atoms with Gasteiger partial charge in [0.1, 0.15) is 10.7 Å². The van der Waals surface area contributed by atoms with Gasteiger partial charge in [0.2, 0.25) is 5.01 Å². The maximum Gasteiger partial charge on any atom is 0.445 e. The van der Waals surface area contributed by atoms with Crippen molar-refractivity contribution in [2.24, 2.45) is 5.92 Å². The Balaban J connectivity index is 1.73. The molecule has 0 aromatic carbocycles. The van der Waals surface area contributed by atoms with Crippen LogP contribution in [0.15, 0.2) is 18.3 Å². The van der Waals surface area contributed by atoms with Crippen LogP contribution in [-0.4, -0.2) is 51.0 Å². The molecule has 2 aromatic rings. The average molecular weight is 481 g/mol. The second kappa shape index (κ2) is 8.64. The highest BCUT2D eigenvalue weighted by atomic mass is 32.1. The minimum Gasteiger partial charge on any atom is -0.312 e. The second-order valence-electron chi connectivity index (χ2n) is 7.45. The molecule has 0 N–H and O–H groups in total. The summed E-state index contributed by atoms with van der Waals surface area (Å²) in [5.41, 5.74) is -0.960. The normalized spacial score (nSPS) is 17.5. The van der Waals surface area contributed by atoms with E-state index in [4.69, 9.17) is 0 Å². The fourth-order valence-electron chi connectivity index (χ4n) is 3.20. The molecule has 0 radical (unpaired) electrons. The Labute approximate surface area is 182 Å². The standard InChI is InChI=1S/C18H17F6N5O2S/c1-9(2)12-8-28(10-3-4-13(25-6-10)17(19,20)21)16(31)29(12)7-11(30)5-14-26-27-15(32-14)18(22,23)24/h3-4,6,9,12H,5,7-8H2,1-2H3/t12-/m1/s1. The van der Waals surface area contributed by atoms with Crippen molar-refractivity contribution in [2.75, 3.05) is 18.0 Å². The molecule has 32 heavy (non-hydrogen) atoms. The Morgan fingerprint density at radius 1 is 1.16 bits per heavy atom. The van der Waals surface area contributed by atoms with Crippen LogP contribution in [0.3, 0.4) is 0 Å². The van der Waals surface area contributed by atoms with Crippen LogP contribution in [0.25, 0.3) is 0 Å². The van der Waals surface area contributed by atoms with Crippen molar-refractivity contribution in [3.63, 3.8) is 0 Å². The molecule has 1 atom stereocenters. The van der Waals surface area contributed by atoms with Crippen LogP contribution in [-0.2, 0) is 23.6 Å². The number of carbonyl (C=O) groups excluding carboxylic acids is 2. The fourth-order valence-corrected chi connectivity index (χ4v) is 3.93.